The van der Waals surface area contributed by atoms with E-state index in [0.29, 0.717) is 37.2 Å². The van der Waals surface area contributed by atoms with Crippen LogP contribution in [0.1, 0.15) is 52.4 Å². The fourth-order valence-corrected chi connectivity index (χ4v) is 5.42. The van der Waals surface area contributed by atoms with E-state index in [1.54, 1.807) is 4.57 Å². The van der Waals surface area contributed by atoms with Crippen LogP contribution in [-0.4, -0.2) is 64.0 Å². The van der Waals surface area contributed by atoms with Crippen LogP contribution in [0, 0.1) is 5.82 Å². The number of carbonyl (C=O) groups is 1. The summed E-state index contributed by atoms with van der Waals surface area (Å²) < 4.78 is 62.1. The van der Waals surface area contributed by atoms with Gasteiger partial charge in [-0.3, -0.25) is 4.79 Å². The Kier molecular flexibility index (Phi) is 7.72. The number of hydrazone groups is 1. The highest BCUT2D eigenvalue weighted by Gasteiger charge is 2.36. The number of carbonyl (C=O) groups excluding carboxylic acids is 2. The van der Waals surface area contributed by atoms with E-state index in [1.165, 1.54) is 18.3 Å². The first-order valence-electron chi connectivity index (χ1n) is 12.6. The summed E-state index contributed by atoms with van der Waals surface area (Å²) in [7, 11) is 1.40. The maximum absolute atomic E-state index is 13.7. The van der Waals surface area contributed by atoms with Crippen LogP contribution in [0.2, 0.25) is 0 Å². The van der Waals surface area contributed by atoms with Crippen molar-refractivity contribution in [3.05, 3.63) is 68.8 Å². The molecule has 1 unspecified atom stereocenters. The van der Waals surface area contributed by atoms with Crippen LogP contribution in [0.25, 0.3) is 0 Å². The van der Waals surface area contributed by atoms with Gasteiger partial charge in [-0.15, -0.1) is 0 Å². The number of ether oxygens (including phenoxy) is 1. The monoisotopic (exact) mass is 580 g/mol. The van der Waals surface area contributed by atoms with Crippen molar-refractivity contribution in [1.82, 2.24) is 24.8 Å². The molecule has 1 atom stereocenters. The lowest BCUT2D eigenvalue weighted by atomic mass is 10.0. The molecule has 0 radical (unpaired) electrons. The van der Waals surface area contributed by atoms with E-state index < -0.39 is 29.7 Å². The summed E-state index contributed by atoms with van der Waals surface area (Å²) in [5.41, 5.74) is -0.552. The molecule has 14 heteroatoms. The van der Waals surface area contributed by atoms with Gasteiger partial charge >= 0.3 is 6.18 Å². The number of amides is 1. The Morgan fingerprint density at radius 2 is 2.08 bits per heavy atom. The Bertz CT molecular complexity index is 1440. The number of imidazole rings is 1. The molecule has 5 rings (SSSR count). The van der Waals surface area contributed by atoms with Crippen molar-refractivity contribution in [3.8, 4) is 0 Å². The van der Waals surface area contributed by atoms with Gasteiger partial charge in [0, 0.05) is 33.2 Å². The van der Waals surface area contributed by atoms with Crippen LogP contribution < -0.4 is 5.32 Å². The summed E-state index contributed by atoms with van der Waals surface area (Å²) in [6.07, 6.45) is -1.46. The predicted octanol–water partition coefficient (Wildman–Crippen LogP) is 3.80. The van der Waals surface area contributed by atoms with Crippen molar-refractivity contribution in [2.24, 2.45) is 5.10 Å². The molecular formula is C26H25ClF4N6O3. The van der Waals surface area contributed by atoms with Crippen LogP contribution in [0.15, 0.2) is 39.7 Å². The van der Waals surface area contributed by atoms with Gasteiger partial charge in [0.25, 0.3) is 5.91 Å². The Labute approximate surface area is 231 Å². The molecule has 3 aliphatic rings. The third kappa shape index (κ3) is 5.24. The zero-order valence-electron chi connectivity index (χ0n) is 21.4. The van der Waals surface area contributed by atoms with Crippen molar-refractivity contribution in [2.75, 3.05) is 20.2 Å². The minimum atomic E-state index is -4.78. The van der Waals surface area contributed by atoms with Crippen LogP contribution in [0.4, 0.5) is 17.6 Å². The molecule has 0 aliphatic carbocycles. The summed E-state index contributed by atoms with van der Waals surface area (Å²) in [6.45, 7) is 1.28. The van der Waals surface area contributed by atoms with E-state index in [4.69, 9.17) is 16.3 Å². The number of fused-ring (bicyclic) bond motifs is 1. The fraction of sp³-hybridized carbons (Fsp3) is 0.423. The maximum atomic E-state index is 13.7. The number of allylic oxidation sites excluding steroid dienone is 2. The topological polar surface area (TPSA) is 92.1 Å². The summed E-state index contributed by atoms with van der Waals surface area (Å²) in [6, 6.07) is 2.47. The Morgan fingerprint density at radius 1 is 1.27 bits per heavy atom. The van der Waals surface area contributed by atoms with Crippen LogP contribution in [0.3, 0.4) is 0 Å². The normalized spacial score (nSPS) is 19.6. The summed E-state index contributed by atoms with van der Waals surface area (Å²) in [5, 5.41) is 8.43. The van der Waals surface area contributed by atoms with Crippen molar-refractivity contribution in [2.45, 2.75) is 51.2 Å². The second-order valence-corrected chi connectivity index (χ2v) is 9.89. The first kappa shape index (κ1) is 27.9. The minimum Gasteiger partial charge on any atom is -0.360 e. The lowest BCUT2D eigenvalue weighted by Crippen LogP contribution is -2.40. The van der Waals surface area contributed by atoms with Gasteiger partial charge in [-0.25, -0.2) is 19.2 Å². The minimum absolute atomic E-state index is 0.0247. The summed E-state index contributed by atoms with van der Waals surface area (Å²) in [5.74, 6) is 0.702. The number of halogens is 5. The largest absolute Gasteiger partial charge is 0.416 e. The molecule has 2 aromatic rings. The van der Waals surface area contributed by atoms with E-state index >= 15 is 0 Å². The molecule has 40 heavy (non-hydrogen) atoms. The molecule has 9 nitrogen and oxygen atoms in total. The molecule has 0 saturated carbocycles. The highest BCUT2D eigenvalue weighted by atomic mass is 35.5. The fourth-order valence-electron chi connectivity index (χ4n) is 5.13. The Hall–Kier alpha value is -3.67. The molecule has 4 heterocycles. The first-order valence-corrected chi connectivity index (χ1v) is 13.0. The van der Waals surface area contributed by atoms with E-state index in [0.717, 1.165) is 25.0 Å². The van der Waals surface area contributed by atoms with E-state index in [9.17, 15) is 27.2 Å². The van der Waals surface area contributed by atoms with Crippen molar-refractivity contribution >= 4 is 29.7 Å². The molecular weight excluding hydrogens is 556 g/mol. The van der Waals surface area contributed by atoms with Crippen LogP contribution >= 0.6 is 11.6 Å². The number of nitrogens with zero attached hydrogens (tertiary/aromatic N) is 5. The molecule has 1 N–H and O–H groups in total. The van der Waals surface area contributed by atoms with Crippen molar-refractivity contribution in [3.63, 3.8) is 0 Å². The third-order valence-electron chi connectivity index (χ3n) is 7.09. The predicted molar refractivity (Wildman–Crippen MR) is 136 cm³/mol. The standard InChI is InChI=1S/C26H25ClF4N6O3/c1-32-25(39)24-18(10-15-5-6-16(28)11-17(15)26(29,30)31)36-8-7-35(13-21(36)34-24)19-12-33-37(20(14-38)23(19)27)22-4-2-3-9-40-22/h5-6,11-12,22H,2-4,7-10,13H2,1H3,(H,32,39). The highest BCUT2D eigenvalue weighted by Crippen LogP contribution is 2.36. The number of hydrogen-bond donors (Lipinski definition) is 1. The first-order chi connectivity index (χ1) is 19.1. The summed E-state index contributed by atoms with van der Waals surface area (Å²) in [4.78, 5) is 30.8. The molecule has 1 fully saturated rings. The number of benzene rings is 1. The number of hydrogen-bond acceptors (Lipinski definition) is 7. The molecule has 3 aliphatic heterocycles. The number of rotatable bonds is 5. The third-order valence-corrected chi connectivity index (χ3v) is 7.46. The van der Waals surface area contributed by atoms with Gasteiger partial charge in [-0.2, -0.15) is 18.3 Å². The van der Waals surface area contributed by atoms with E-state index in [1.807, 2.05) is 10.8 Å². The zero-order valence-corrected chi connectivity index (χ0v) is 22.2. The quantitative estimate of drug-likeness (QED) is 0.427. The van der Waals surface area contributed by atoms with Gasteiger partial charge in [0.2, 0.25) is 0 Å². The van der Waals surface area contributed by atoms with Gasteiger partial charge < -0.3 is 19.5 Å². The molecule has 1 saturated heterocycles. The number of alkyl halides is 3. The smallest absolute Gasteiger partial charge is 0.360 e. The highest BCUT2D eigenvalue weighted by molar-refractivity contribution is 6.34. The lowest BCUT2D eigenvalue weighted by molar-refractivity contribution is -0.138. The second kappa shape index (κ2) is 11.1. The Morgan fingerprint density at radius 3 is 2.75 bits per heavy atom. The molecule has 1 aromatic heterocycles. The zero-order chi connectivity index (χ0) is 28.6. The number of aromatic nitrogens is 2. The summed E-state index contributed by atoms with van der Waals surface area (Å²) >= 11 is 6.63. The lowest BCUT2D eigenvalue weighted by Gasteiger charge is -2.37. The second-order valence-electron chi connectivity index (χ2n) is 9.51. The molecule has 212 valence electrons. The van der Waals surface area contributed by atoms with Gasteiger partial charge in [0.05, 0.1) is 29.7 Å². The van der Waals surface area contributed by atoms with Gasteiger partial charge in [-0.05, 0) is 37.0 Å². The molecule has 1 aromatic carbocycles. The molecule has 0 bridgehead atoms. The van der Waals surface area contributed by atoms with Crippen molar-refractivity contribution in [1.29, 1.82) is 0 Å². The van der Waals surface area contributed by atoms with Crippen LogP contribution in [-0.2, 0) is 35.2 Å². The SMILES string of the molecule is CNC(=O)c1nc2n(c1Cc1ccc(F)cc1C(F)(F)F)CCN(C1=C(Cl)C(=C=O)N(C3CCCCO3)N=C1)C2. The number of nitrogens with one attached hydrogen (secondary N) is 1. The molecule has 0 spiro atoms. The average molecular weight is 581 g/mol. The maximum Gasteiger partial charge on any atom is 0.416 e. The van der Waals surface area contributed by atoms with Crippen LogP contribution in [0.5, 0.6) is 0 Å². The van der Waals surface area contributed by atoms with E-state index in [-0.39, 0.29) is 47.2 Å². The molecule has 1 amide bonds. The van der Waals surface area contributed by atoms with Gasteiger partial charge in [-0.1, -0.05) is 17.7 Å². The Balaban J connectivity index is 1.46. The van der Waals surface area contributed by atoms with Gasteiger partial charge in [0.15, 0.2) is 17.9 Å². The van der Waals surface area contributed by atoms with Crippen molar-refractivity contribution < 1.29 is 31.9 Å². The van der Waals surface area contributed by atoms with E-state index in [2.05, 4.69) is 15.4 Å². The van der Waals surface area contributed by atoms with Gasteiger partial charge in [0.1, 0.15) is 22.4 Å². The average Bonchev–Trinajstić information content (AvgIpc) is 3.30.